The van der Waals surface area contributed by atoms with Crippen molar-refractivity contribution in [2.45, 2.75) is 39.2 Å². The normalized spacial score (nSPS) is 23.7. The van der Waals surface area contributed by atoms with Gasteiger partial charge in [0.15, 0.2) is 0 Å². The summed E-state index contributed by atoms with van der Waals surface area (Å²) in [4.78, 5) is 10.9. The lowest BCUT2D eigenvalue weighted by Crippen LogP contribution is -2.17. The number of aryl methyl sites for hydroxylation is 1. The molecule has 1 fully saturated rings. The van der Waals surface area contributed by atoms with Crippen molar-refractivity contribution in [3.63, 3.8) is 0 Å². The van der Waals surface area contributed by atoms with Crippen LogP contribution < -0.4 is 11.1 Å². The summed E-state index contributed by atoms with van der Waals surface area (Å²) in [7, 11) is 0. The van der Waals surface area contributed by atoms with Crippen molar-refractivity contribution in [2.75, 3.05) is 11.1 Å². The number of nitrogens with one attached hydrogen (secondary N) is 1. The number of thiophene rings is 1. The van der Waals surface area contributed by atoms with Crippen molar-refractivity contribution < 1.29 is 0 Å². The third-order valence-corrected chi connectivity index (χ3v) is 4.51. The summed E-state index contributed by atoms with van der Waals surface area (Å²) in [5.74, 6) is 2.07. The minimum atomic E-state index is 0.359. The number of nitrogens with two attached hydrogens (primary N) is 1. The molecule has 3 N–H and O–H groups in total. The van der Waals surface area contributed by atoms with Gasteiger partial charge in [-0.2, -0.15) is 4.98 Å². The van der Waals surface area contributed by atoms with Gasteiger partial charge in [0.2, 0.25) is 5.95 Å². The van der Waals surface area contributed by atoms with Gasteiger partial charge in [-0.1, -0.05) is 6.92 Å². The van der Waals surface area contributed by atoms with E-state index in [0.29, 0.717) is 12.0 Å². The van der Waals surface area contributed by atoms with Crippen LogP contribution in [0.4, 0.5) is 11.8 Å². The second kappa shape index (κ2) is 4.39. The molecule has 1 saturated carbocycles. The summed E-state index contributed by atoms with van der Waals surface area (Å²) in [6, 6.07) is 2.66. The van der Waals surface area contributed by atoms with Crippen LogP contribution in [0, 0.1) is 12.8 Å². The van der Waals surface area contributed by atoms with Gasteiger partial charge in [-0.3, -0.25) is 0 Å². The average Bonchev–Trinajstić information content (AvgIpc) is 2.84. The van der Waals surface area contributed by atoms with Gasteiger partial charge in [-0.05, 0) is 38.2 Å². The van der Waals surface area contributed by atoms with Gasteiger partial charge < -0.3 is 11.1 Å². The molecule has 0 bridgehead atoms. The van der Waals surface area contributed by atoms with Crippen molar-refractivity contribution in [2.24, 2.45) is 5.92 Å². The van der Waals surface area contributed by atoms with E-state index in [-0.39, 0.29) is 0 Å². The Morgan fingerprint density at radius 2 is 2.22 bits per heavy atom. The number of hydrogen-bond donors (Lipinski definition) is 2. The van der Waals surface area contributed by atoms with E-state index in [1.807, 2.05) is 0 Å². The minimum Gasteiger partial charge on any atom is -0.368 e. The Bertz CT molecular complexity index is 578. The standard InChI is InChI=1S/C13H18N4S/c1-7-3-4-9(5-7)15-11-10-6-8(2)18-12(10)17-13(14)16-11/h6-7,9H,3-5H2,1-2H3,(H3,14,15,16,17). The first-order valence-corrected chi connectivity index (χ1v) is 7.23. The van der Waals surface area contributed by atoms with E-state index in [1.54, 1.807) is 11.3 Å². The van der Waals surface area contributed by atoms with Crippen molar-refractivity contribution in [1.29, 1.82) is 0 Å². The molecule has 2 heterocycles. The summed E-state index contributed by atoms with van der Waals surface area (Å²) in [5, 5.41) is 4.65. The summed E-state index contributed by atoms with van der Waals surface area (Å²) < 4.78 is 0. The molecule has 1 aliphatic rings. The second-order valence-electron chi connectivity index (χ2n) is 5.27. The quantitative estimate of drug-likeness (QED) is 0.872. The maximum absolute atomic E-state index is 5.78. The molecule has 0 aliphatic heterocycles. The molecule has 0 spiro atoms. The molecule has 2 aromatic rings. The highest BCUT2D eigenvalue weighted by Crippen LogP contribution is 2.32. The number of nitrogens with zero attached hydrogens (tertiary/aromatic N) is 2. The molecule has 2 unspecified atom stereocenters. The number of hydrogen-bond acceptors (Lipinski definition) is 5. The number of rotatable bonds is 2. The molecule has 18 heavy (non-hydrogen) atoms. The number of aromatic nitrogens is 2. The topological polar surface area (TPSA) is 63.8 Å². The number of anilines is 2. The Morgan fingerprint density at radius 3 is 2.94 bits per heavy atom. The zero-order valence-electron chi connectivity index (χ0n) is 10.7. The van der Waals surface area contributed by atoms with E-state index >= 15 is 0 Å². The van der Waals surface area contributed by atoms with Gasteiger partial charge in [0.05, 0.1) is 5.39 Å². The number of nitrogen functional groups attached to an aromatic ring is 1. The Labute approximate surface area is 111 Å². The molecular formula is C13H18N4S. The first kappa shape index (κ1) is 11.7. The van der Waals surface area contributed by atoms with Crippen LogP contribution in [0.5, 0.6) is 0 Å². The van der Waals surface area contributed by atoms with Crippen LogP contribution in [0.15, 0.2) is 6.07 Å². The highest BCUT2D eigenvalue weighted by molar-refractivity contribution is 7.18. The van der Waals surface area contributed by atoms with Gasteiger partial charge in [0.1, 0.15) is 10.6 Å². The molecule has 0 radical (unpaired) electrons. The van der Waals surface area contributed by atoms with Gasteiger partial charge in [-0.25, -0.2) is 4.98 Å². The van der Waals surface area contributed by atoms with Crippen molar-refractivity contribution in [3.8, 4) is 0 Å². The Kier molecular flexibility index (Phi) is 2.86. The van der Waals surface area contributed by atoms with Crippen molar-refractivity contribution >= 4 is 33.3 Å². The zero-order valence-corrected chi connectivity index (χ0v) is 11.5. The molecule has 0 amide bonds. The molecule has 96 valence electrons. The smallest absolute Gasteiger partial charge is 0.223 e. The zero-order chi connectivity index (χ0) is 12.7. The Morgan fingerprint density at radius 1 is 1.39 bits per heavy atom. The van der Waals surface area contributed by atoms with Gasteiger partial charge >= 0.3 is 0 Å². The van der Waals surface area contributed by atoms with Crippen LogP contribution in [-0.2, 0) is 0 Å². The van der Waals surface area contributed by atoms with E-state index in [2.05, 4.69) is 35.2 Å². The molecule has 0 saturated heterocycles. The maximum Gasteiger partial charge on any atom is 0.223 e. The number of fused-ring (bicyclic) bond motifs is 1. The van der Waals surface area contributed by atoms with Crippen molar-refractivity contribution in [1.82, 2.24) is 9.97 Å². The van der Waals surface area contributed by atoms with E-state index in [4.69, 9.17) is 5.73 Å². The first-order valence-electron chi connectivity index (χ1n) is 6.42. The second-order valence-corrected chi connectivity index (χ2v) is 6.50. The molecule has 4 nitrogen and oxygen atoms in total. The van der Waals surface area contributed by atoms with Crippen molar-refractivity contribution in [3.05, 3.63) is 10.9 Å². The van der Waals surface area contributed by atoms with E-state index in [9.17, 15) is 0 Å². The molecule has 2 atom stereocenters. The van der Waals surface area contributed by atoms with Gasteiger partial charge in [-0.15, -0.1) is 11.3 Å². The molecule has 5 heteroatoms. The summed E-state index contributed by atoms with van der Waals surface area (Å²) in [6.45, 7) is 4.39. The Hall–Kier alpha value is -1.36. The predicted molar refractivity (Wildman–Crippen MR) is 77.0 cm³/mol. The molecule has 3 rings (SSSR count). The largest absolute Gasteiger partial charge is 0.368 e. The average molecular weight is 262 g/mol. The maximum atomic E-state index is 5.78. The van der Waals surface area contributed by atoms with E-state index < -0.39 is 0 Å². The third kappa shape index (κ3) is 2.14. The monoisotopic (exact) mass is 262 g/mol. The van der Waals surface area contributed by atoms with E-state index in [1.165, 1.54) is 24.1 Å². The van der Waals surface area contributed by atoms with Crippen LogP contribution in [0.3, 0.4) is 0 Å². The van der Waals surface area contributed by atoms with Crippen LogP contribution in [0.25, 0.3) is 10.2 Å². The fourth-order valence-corrected chi connectivity index (χ4v) is 3.59. The highest BCUT2D eigenvalue weighted by Gasteiger charge is 2.22. The van der Waals surface area contributed by atoms with Gasteiger partial charge in [0, 0.05) is 10.9 Å². The third-order valence-electron chi connectivity index (χ3n) is 3.57. The minimum absolute atomic E-state index is 0.359. The van der Waals surface area contributed by atoms with Crippen LogP contribution in [0.2, 0.25) is 0 Å². The molecular weight excluding hydrogens is 244 g/mol. The molecule has 0 aromatic carbocycles. The van der Waals surface area contributed by atoms with Crippen LogP contribution >= 0.6 is 11.3 Å². The SMILES string of the molecule is Cc1cc2c(NC3CCC(C)C3)nc(N)nc2s1. The molecule has 1 aliphatic carbocycles. The van der Waals surface area contributed by atoms with Crippen LogP contribution in [0.1, 0.15) is 31.1 Å². The molecule has 2 aromatic heterocycles. The fourth-order valence-electron chi connectivity index (χ4n) is 2.70. The summed E-state index contributed by atoms with van der Waals surface area (Å²) in [5.41, 5.74) is 5.78. The highest BCUT2D eigenvalue weighted by atomic mass is 32.1. The van der Waals surface area contributed by atoms with Crippen LogP contribution in [-0.4, -0.2) is 16.0 Å². The first-order chi connectivity index (χ1) is 8.61. The lowest BCUT2D eigenvalue weighted by atomic mass is 10.1. The van der Waals surface area contributed by atoms with E-state index in [0.717, 1.165) is 22.0 Å². The lowest BCUT2D eigenvalue weighted by molar-refractivity contribution is 0.602. The van der Waals surface area contributed by atoms with Gasteiger partial charge in [0.25, 0.3) is 0 Å². The predicted octanol–water partition coefficient (Wildman–Crippen LogP) is 3.18. The fraction of sp³-hybridized carbons (Fsp3) is 0.538. The lowest BCUT2D eigenvalue weighted by Gasteiger charge is -2.14. The Balaban J connectivity index is 1.95. The summed E-state index contributed by atoms with van der Waals surface area (Å²) in [6.07, 6.45) is 3.73. The summed E-state index contributed by atoms with van der Waals surface area (Å²) >= 11 is 1.67.